The van der Waals surface area contributed by atoms with Gasteiger partial charge in [0.25, 0.3) is 0 Å². The second-order valence-electron chi connectivity index (χ2n) is 4.87. The Labute approximate surface area is 126 Å². The summed E-state index contributed by atoms with van der Waals surface area (Å²) in [4.78, 5) is 0. The topological polar surface area (TPSA) is 29.5 Å². The lowest BCUT2D eigenvalue weighted by Gasteiger charge is -2.23. The van der Waals surface area contributed by atoms with Crippen LogP contribution in [0.3, 0.4) is 0 Å². The molecule has 0 saturated carbocycles. The number of hydrogen-bond acceptors (Lipinski definition) is 2. The van der Waals surface area contributed by atoms with Crippen molar-refractivity contribution < 1.29 is 14.2 Å². The maximum atomic E-state index is 13.8. The Kier molecular flexibility index (Phi) is 5.63. The molecule has 1 aliphatic rings. The Morgan fingerprint density at radius 2 is 2.26 bits per heavy atom. The van der Waals surface area contributed by atoms with Gasteiger partial charge in [-0.3, -0.25) is 0 Å². The molecule has 1 saturated heterocycles. The Balaban J connectivity index is 1.95. The molecule has 1 aromatic rings. The van der Waals surface area contributed by atoms with E-state index in [0.717, 1.165) is 25.9 Å². The summed E-state index contributed by atoms with van der Waals surface area (Å²) in [5.41, 5.74) is 0.254. The second-order valence-corrected chi connectivity index (χ2v) is 6.13. The lowest BCUT2D eigenvalue weighted by atomic mass is 9.99. The first-order chi connectivity index (χ1) is 9.08. The molecule has 2 nitrogen and oxygen atoms in total. The van der Waals surface area contributed by atoms with Gasteiger partial charge in [0.2, 0.25) is 0 Å². The van der Waals surface area contributed by atoms with E-state index in [-0.39, 0.29) is 11.7 Å². The molecule has 1 heterocycles. The minimum Gasteiger partial charge on any atom is -0.388 e. The van der Waals surface area contributed by atoms with E-state index < -0.39 is 11.9 Å². The summed E-state index contributed by atoms with van der Waals surface area (Å²) in [6.07, 6.45) is 3.88. The first kappa shape index (κ1) is 15.2. The Bertz CT molecular complexity index is 436. The van der Waals surface area contributed by atoms with Gasteiger partial charge in [0.05, 0.1) is 17.2 Å². The number of aliphatic hydroxyl groups excluding tert-OH is 1. The van der Waals surface area contributed by atoms with Crippen molar-refractivity contribution in [2.24, 2.45) is 0 Å². The Morgan fingerprint density at radius 3 is 2.95 bits per heavy atom. The molecular weight excluding hydrogens is 335 g/mol. The molecule has 0 aromatic heterocycles. The molecule has 0 radical (unpaired) electrons. The van der Waals surface area contributed by atoms with Crippen LogP contribution in [0.25, 0.3) is 0 Å². The van der Waals surface area contributed by atoms with E-state index in [1.165, 1.54) is 18.6 Å². The maximum Gasteiger partial charge on any atom is 0.130 e. The third-order valence-electron chi connectivity index (χ3n) is 3.43. The first-order valence-electron chi connectivity index (χ1n) is 6.52. The average Bonchev–Trinajstić information content (AvgIpc) is 2.41. The van der Waals surface area contributed by atoms with E-state index in [1.807, 2.05) is 0 Å². The van der Waals surface area contributed by atoms with Crippen LogP contribution in [0, 0.1) is 5.82 Å². The van der Waals surface area contributed by atoms with Crippen molar-refractivity contribution in [3.8, 4) is 0 Å². The van der Waals surface area contributed by atoms with Crippen molar-refractivity contribution >= 4 is 27.5 Å². The molecule has 106 valence electrons. The minimum atomic E-state index is -0.837. The van der Waals surface area contributed by atoms with Crippen molar-refractivity contribution in [3.05, 3.63) is 33.0 Å². The number of aliphatic hydroxyl groups is 1. The second kappa shape index (κ2) is 7.02. The van der Waals surface area contributed by atoms with Crippen molar-refractivity contribution in [2.75, 3.05) is 6.61 Å². The van der Waals surface area contributed by atoms with Gasteiger partial charge in [-0.2, -0.15) is 0 Å². The molecular formula is C14H17BrClFO2. The van der Waals surface area contributed by atoms with Gasteiger partial charge in [0.1, 0.15) is 5.82 Å². The highest BCUT2D eigenvalue weighted by molar-refractivity contribution is 9.10. The standard InChI is InChI=1S/C14H17BrClFO2/c15-11-8-13(17)10(7-12(11)16)14(18)5-4-9-3-1-2-6-19-9/h7-9,14,18H,1-6H2. The summed E-state index contributed by atoms with van der Waals surface area (Å²) in [6, 6.07) is 2.77. The van der Waals surface area contributed by atoms with Crippen LogP contribution in [0.15, 0.2) is 16.6 Å². The van der Waals surface area contributed by atoms with Crippen molar-refractivity contribution in [1.29, 1.82) is 0 Å². The van der Waals surface area contributed by atoms with Crippen LogP contribution < -0.4 is 0 Å². The third-order valence-corrected chi connectivity index (χ3v) is 4.63. The first-order valence-corrected chi connectivity index (χ1v) is 7.69. The van der Waals surface area contributed by atoms with E-state index in [9.17, 15) is 9.50 Å². The van der Waals surface area contributed by atoms with Gasteiger partial charge in [0, 0.05) is 16.6 Å². The number of rotatable bonds is 4. The molecule has 1 N–H and O–H groups in total. The molecule has 5 heteroatoms. The summed E-state index contributed by atoms with van der Waals surface area (Å²) in [5, 5.41) is 10.5. The number of halogens is 3. The van der Waals surface area contributed by atoms with Crippen molar-refractivity contribution in [2.45, 2.75) is 44.3 Å². The molecule has 0 aliphatic carbocycles. The SMILES string of the molecule is OC(CCC1CCCCO1)c1cc(Cl)c(Br)cc1F. The van der Waals surface area contributed by atoms with E-state index in [2.05, 4.69) is 15.9 Å². The van der Waals surface area contributed by atoms with E-state index >= 15 is 0 Å². The molecule has 2 unspecified atom stereocenters. The lowest BCUT2D eigenvalue weighted by molar-refractivity contribution is 0.00190. The van der Waals surface area contributed by atoms with E-state index in [1.54, 1.807) is 0 Å². The number of hydrogen-bond donors (Lipinski definition) is 1. The Hall–Kier alpha value is -0.160. The van der Waals surface area contributed by atoms with Crippen LogP contribution in [0.5, 0.6) is 0 Å². The third kappa shape index (κ3) is 4.15. The highest BCUT2D eigenvalue weighted by Crippen LogP contribution is 2.31. The van der Waals surface area contributed by atoms with Crippen LogP contribution >= 0.6 is 27.5 Å². The summed E-state index contributed by atoms with van der Waals surface area (Å²) in [7, 11) is 0. The van der Waals surface area contributed by atoms with Crippen LogP contribution in [0.2, 0.25) is 5.02 Å². The molecule has 0 bridgehead atoms. The van der Waals surface area contributed by atoms with Gasteiger partial charge in [-0.15, -0.1) is 0 Å². The maximum absolute atomic E-state index is 13.8. The summed E-state index contributed by atoms with van der Waals surface area (Å²) < 4.78 is 19.9. The number of ether oxygens (including phenoxy) is 1. The van der Waals surface area contributed by atoms with Gasteiger partial charge in [-0.05, 0) is 60.2 Å². The summed E-state index contributed by atoms with van der Waals surface area (Å²) >= 11 is 9.09. The molecule has 0 amide bonds. The molecule has 1 aliphatic heterocycles. The molecule has 1 fully saturated rings. The van der Waals surface area contributed by atoms with E-state index in [4.69, 9.17) is 16.3 Å². The zero-order chi connectivity index (χ0) is 13.8. The van der Waals surface area contributed by atoms with Crippen LogP contribution in [-0.4, -0.2) is 17.8 Å². The summed E-state index contributed by atoms with van der Waals surface area (Å²) in [5.74, 6) is -0.437. The highest BCUT2D eigenvalue weighted by atomic mass is 79.9. The fourth-order valence-corrected chi connectivity index (χ4v) is 2.82. The van der Waals surface area contributed by atoms with Gasteiger partial charge in [-0.25, -0.2) is 4.39 Å². The van der Waals surface area contributed by atoms with Crippen LogP contribution in [0.4, 0.5) is 4.39 Å². The minimum absolute atomic E-state index is 0.192. The smallest absolute Gasteiger partial charge is 0.130 e. The van der Waals surface area contributed by atoms with Gasteiger partial charge < -0.3 is 9.84 Å². The zero-order valence-electron chi connectivity index (χ0n) is 10.5. The molecule has 1 aromatic carbocycles. The van der Waals surface area contributed by atoms with Crippen LogP contribution in [-0.2, 0) is 4.74 Å². The largest absolute Gasteiger partial charge is 0.388 e. The van der Waals surface area contributed by atoms with Gasteiger partial charge in [-0.1, -0.05) is 11.6 Å². The molecule has 0 spiro atoms. The van der Waals surface area contributed by atoms with Gasteiger partial charge in [0.15, 0.2) is 0 Å². The summed E-state index contributed by atoms with van der Waals surface area (Å²) in [6.45, 7) is 0.791. The monoisotopic (exact) mass is 350 g/mol. The van der Waals surface area contributed by atoms with E-state index in [0.29, 0.717) is 15.9 Å². The fourth-order valence-electron chi connectivity index (χ4n) is 2.33. The molecule has 19 heavy (non-hydrogen) atoms. The van der Waals surface area contributed by atoms with Crippen LogP contribution in [0.1, 0.15) is 43.8 Å². The highest BCUT2D eigenvalue weighted by Gasteiger charge is 2.19. The van der Waals surface area contributed by atoms with Crippen molar-refractivity contribution in [3.63, 3.8) is 0 Å². The molecule has 2 rings (SSSR count). The fraction of sp³-hybridized carbons (Fsp3) is 0.571. The quantitative estimate of drug-likeness (QED) is 0.802. The number of benzene rings is 1. The predicted molar refractivity (Wildman–Crippen MR) is 76.9 cm³/mol. The lowest BCUT2D eigenvalue weighted by Crippen LogP contribution is -2.19. The normalized spacial score (nSPS) is 21.4. The zero-order valence-corrected chi connectivity index (χ0v) is 12.9. The van der Waals surface area contributed by atoms with Gasteiger partial charge >= 0.3 is 0 Å². The van der Waals surface area contributed by atoms with Crippen molar-refractivity contribution in [1.82, 2.24) is 0 Å². The molecule has 2 atom stereocenters. The average molecular weight is 352 g/mol. The predicted octanol–water partition coefficient (Wildman–Crippen LogP) is 4.62. The Morgan fingerprint density at radius 1 is 1.47 bits per heavy atom.